The molecule has 0 saturated carbocycles. The summed E-state index contributed by atoms with van der Waals surface area (Å²) in [7, 11) is -2.06. The average molecular weight is 335 g/mol. The van der Waals surface area contributed by atoms with Crippen LogP contribution in [0.15, 0.2) is 17.0 Å². The highest BCUT2D eigenvalue weighted by Gasteiger charge is 2.23. The van der Waals surface area contributed by atoms with E-state index in [2.05, 4.69) is 10.0 Å². The molecule has 1 aromatic carbocycles. The molecule has 2 N–H and O–H groups in total. The quantitative estimate of drug-likeness (QED) is 0.861. The Balaban J connectivity index is 0.00000220. The summed E-state index contributed by atoms with van der Waals surface area (Å²) in [5.41, 5.74) is 1.73. The molecule has 0 radical (unpaired) electrons. The normalized spacial score (nSPS) is 18.3. The molecule has 21 heavy (non-hydrogen) atoms. The van der Waals surface area contributed by atoms with Gasteiger partial charge in [0.1, 0.15) is 10.6 Å². The number of halogens is 1. The van der Waals surface area contributed by atoms with Crippen molar-refractivity contribution in [3.63, 3.8) is 0 Å². The number of nitrogens with one attached hydrogen (secondary N) is 2. The number of aryl methyl sites for hydroxylation is 2. The Morgan fingerprint density at radius 2 is 2.10 bits per heavy atom. The molecule has 1 aliphatic heterocycles. The highest BCUT2D eigenvalue weighted by molar-refractivity contribution is 7.89. The van der Waals surface area contributed by atoms with Gasteiger partial charge in [0.2, 0.25) is 10.0 Å². The minimum Gasteiger partial charge on any atom is -0.495 e. The molecular weight excluding hydrogens is 312 g/mol. The Hall–Kier alpha value is -0.820. The fraction of sp³-hybridized carbons (Fsp3) is 0.571. The van der Waals surface area contributed by atoms with Gasteiger partial charge < -0.3 is 10.1 Å². The van der Waals surface area contributed by atoms with Crippen molar-refractivity contribution in [2.75, 3.05) is 20.2 Å². The van der Waals surface area contributed by atoms with Crippen molar-refractivity contribution < 1.29 is 13.2 Å². The maximum Gasteiger partial charge on any atom is 0.244 e. The number of rotatable bonds is 5. The predicted octanol–water partition coefficient (Wildman–Crippen LogP) is 1.76. The molecule has 5 nitrogen and oxygen atoms in total. The third kappa shape index (κ3) is 4.32. The molecule has 0 spiro atoms. The van der Waals surface area contributed by atoms with Gasteiger partial charge in [-0.1, -0.05) is 6.07 Å². The van der Waals surface area contributed by atoms with Gasteiger partial charge in [0.05, 0.1) is 7.11 Å². The molecule has 1 aliphatic rings. The van der Waals surface area contributed by atoms with Crippen LogP contribution >= 0.6 is 12.4 Å². The van der Waals surface area contributed by atoms with Crippen LogP contribution in [-0.4, -0.2) is 34.7 Å². The van der Waals surface area contributed by atoms with E-state index < -0.39 is 10.0 Å². The molecular formula is C14H23ClN2O3S. The molecule has 1 atom stereocenters. The zero-order chi connectivity index (χ0) is 14.8. The molecule has 0 bridgehead atoms. The van der Waals surface area contributed by atoms with Crippen LogP contribution in [0.5, 0.6) is 5.75 Å². The second kappa shape index (κ2) is 7.45. The lowest BCUT2D eigenvalue weighted by atomic mass is 10.1. The zero-order valence-electron chi connectivity index (χ0n) is 12.6. The van der Waals surface area contributed by atoms with Crippen LogP contribution in [0.2, 0.25) is 0 Å². The molecule has 1 unspecified atom stereocenters. The average Bonchev–Trinajstić information content (AvgIpc) is 2.89. The molecule has 1 heterocycles. The Morgan fingerprint density at radius 3 is 2.67 bits per heavy atom. The van der Waals surface area contributed by atoms with Gasteiger partial charge in [-0.3, -0.25) is 0 Å². The largest absolute Gasteiger partial charge is 0.495 e. The lowest BCUT2D eigenvalue weighted by molar-refractivity contribution is 0.398. The highest BCUT2D eigenvalue weighted by Crippen LogP contribution is 2.28. The first-order valence-corrected chi connectivity index (χ1v) is 8.30. The molecule has 1 aromatic rings. The van der Waals surface area contributed by atoms with Gasteiger partial charge in [-0.15, -0.1) is 12.4 Å². The molecule has 0 amide bonds. The first-order valence-electron chi connectivity index (χ1n) is 6.82. The van der Waals surface area contributed by atoms with Crippen LogP contribution in [0.1, 0.15) is 24.0 Å². The highest BCUT2D eigenvalue weighted by atomic mass is 35.5. The third-order valence-corrected chi connectivity index (χ3v) is 4.99. The van der Waals surface area contributed by atoms with E-state index in [0.29, 0.717) is 12.3 Å². The second-order valence-corrected chi connectivity index (χ2v) is 6.99. The summed E-state index contributed by atoms with van der Waals surface area (Å²) in [5, 5.41) is 3.27. The van der Waals surface area contributed by atoms with Gasteiger partial charge >= 0.3 is 0 Å². The maximum atomic E-state index is 12.5. The number of methoxy groups -OCH3 is 1. The first kappa shape index (κ1) is 18.2. The standard InChI is InChI=1S/C14H22N2O3S.ClH/c1-10-7-11(2)14(19-3)13(8-10)20(17,18)16-9-12-5-4-6-15-12;/h7-8,12,15-16H,4-6,9H2,1-3H3;1H. The lowest BCUT2D eigenvalue weighted by Gasteiger charge is -2.16. The van der Waals surface area contributed by atoms with Crippen molar-refractivity contribution in [2.45, 2.75) is 37.6 Å². The Kier molecular flexibility index (Phi) is 6.46. The smallest absolute Gasteiger partial charge is 0.244 e. The van der Waals surface area contributed by atoms with Crippen molar-refractivity contribution in [3.8, 4) is 5.75 Å². The summed E-state index contributed by atoms with van der Waals surface area (Å²) in [6.07, 6.45) is 2.10. The minimum atomic E-state index is -3.55. The Morgan fingerprint density at radius 1 is 1.38 bits per heavy atom. The molecule has 7 heteroatoms. The number of sulfonamides is 1. The fourth-order valence-electron chi connectivity index (χ4n) is 2.60. The minimum absolute atomic E-state index is 0. The van der Waals surface area contributed by atoms with E-state index in [4.69, 9.17) is 4.74 Å². The third-order valence-electron chi connectivity index (χ3n) is 3.56. The van der Waals surface area contributed by atoms with Crippen LogP contribution in [0.3, 0.4) is 0 Å². The number of hydrogen-bond acceptors (Lipinski definition) is 4. The lowest BCUT2D eigenvalue weighted by Crippen LogP contribution is -2.37. The van der Waals surface area contributed by atoms with Gasteiger partial charge in [0.25, 0.3) is 0 Å². The van der Waals surface area contributed by atoms with Crippen molar-refractivity contribution in [1.29, 1.82) is 0 Å². The SMILES string of the molecule is COc1c(C)cc(C)cc1S(=O)(=O)NCC1CCCN1.Cl. The topological polar surface area (TPSA) is 67.4 Å². The van der Waals surface area contributed by atoms with Gasteiger partial charge in [-0.2, -0.15) is 0 Å². The van der Waals surface area contributed by atoms with Gasteiger partial charge in [0.15, 0.2) is 0 Å². The Labute approximate surface area is 132 Å². The Bertz CT molecular complexity index is 584. The molecule has 1 saturated heterocycles. The van der Waals surface area contributed by atoms with Crippen molar-refractivity contribution in [3.05, 3.63) is 23.3 Å². The second-order valence-electron chi connectivity index (χ2n) is 5.26. The first-order chi connectivity index (χ1) is 9.44. The summed E-state index contributed by atoms with van der Waals surface area (Å²) < 4.78 is 32.8. The van der Waals surface area contributed by atoms with E-state index >= 15 is 0 Å². The molecule has 0 aliphatic carbocycles. The van der Waals surface area contributed by atoms with E-state index in [-0.39, 0.29) is 23.3 Å². The molecule has 2 rings (SSSR count). The zero-order valence-corrected chi connectivity index (χ0v) is 14.2. The van der Waals surface area contributed by atoms with Crippen LogP contribution in [0.25, 0.3) is 0 Å². The number of benzene rings is 1. The van der Waals surface area contributed by atoms with E-state index in [0.717, 1.165) is 30.5 Å². The number of ether oxygens (including phenoxy) is 1. The van der Waals surface area contributed by atoms with Crippen LogP contribution in [-0.2, 0) is 10.0 Å². The van der Waals surface area contributed by atoms with E-state index in [1.54, 1.807) is 6.07 Å². The fourth-order valence-corrected chi connectivity index (χ4v) is 4.00. The van der Waals surface area contributed by atoms with Crippen molar-refractivity contribution in [1.82, 2.24) is 10.0 Å². The summed E-state index contributed by atoms with van der Waals surface area (Å²) in [6, 6.07) is 3.79. The van der Waals surface area contributed by atoms with Crippen LogP contribution in [0.4, 0.5) is 0 Å². The van der Waals surface area contributed by atoms with E-state index in [1.165, 1.54) is 7.11 Å². The monoisotopic (exact) mass is 334 g/mol. The van der Waals surface area contributed by atoms with Gasteiger partial charge in [-0.05, 0) is 50.4 Å². The van der Waals surface area contributed by atoms with Gasteiger partial charge in [0, 0.05) is 12.6 Å². The van der Waals surface area contributed by atoms with E-state index in [9.17, 15) is 8.42 Å². The summed E-state index contributed by atoms with van der Waals surface area (Å²) in [4.78, 5) is 0.218. The summed E-state index contributed by atoms with van der Waals surface area (Å²) >= 11 is 0. The molecule has 1 fully saturated rings. The van der Waals surface area contributed by atoms with Gasteiger partial charge in [-0.25, -0.2) is 13.1 Å². The van der Waals surface area contributed by atoms with E-state index in [1.807, 2.05) is 19.9 Å². The number of hydrogen-bond donors (Lipinski definition) is 2. The summed E-state index contributed by atoms with van der Waals surface area (Å²) in [6.45, 7) is 5.10. The maximum absolute atomic E-state index is 12.5. The van der Waals surface area contributed by atoms with Crippen LogP contribution in [0, 0.1) is 13.8 Å². The molecule has 120 valence electrons. The predicted molar refractivity (Wildman–Crippen MR) is 85.9 cm³/mol. The van der Waals surface area contributed by atoms with Crippen LogP contribution < -0.4 is 14.8 Å². The summed E-state index contributed by atoms with van der Waals surface area (Å²) in [5.74, 6) is 0.419. The van der Waals surface area contributed by atoms with Crippen molar-refractivity contribution >= 4 is 22.4 Å². The van der Waals surface area contributed by atoms with Crippen molar-refractivity contribution in [2.24, 2.45) is 0 Å². The molecule has 0 aromatic heterocycles.